The first-order valence-corrected chi connectivity index (χ1v) is 11.3. The molecular weight excluding hydrogens is 401 g/mol. The number of ether oxygens (including phenoxy) is 2. The average molecular weight is 431 g/mol. The second-order valence-electron chi connectivity index (χ2n) is 8.59. The molecule has 0 N–H and O–H groups in total. The van der Waals surface area contributed by atoms with E-state index in [4.69, 9.17) is 9.47 Å². The maximum atomic E-state index is 14.8. The largest absolute Gasteiger partial charge is 0.491 e. The molecule has 1 saturated carbocycles. The molecule has 0 radical (unpaired) electrons. The van der Waals surface area contributed by atoms with Crippen molar-refractivity contribution in [1.82, 2.24) is 0 Å². The summed E-state index contributed by atoms with van der Waals surface area (Å²) in [6.07, 6.45) is 11.0. The summed E-state index contributed by atoms with van der Waals surface area (Å²) >= 11 is 0. The lowest BCUT2D eigenvalue weighted by atomic mass is 9.80. The minimum Gasteiger partial charge on any atom is -0.491 e. The Morgan fingerprint density at radius 2 is 1.71 bits per heavy atom. The molecule has 0 aromatic heterocycles. The minimum absolute atomic E-state index is 0.0405. The molecule has 1 aliphatic heterocycles. The van der Waals surface area contributed by atoms with E-state index in [1.54, 1.807) is 31.2 Å². The van der Waals surface area contributed by atoms with Crippen LogP contribution in [-0.4, -0.2) is 6.61 Å². The predicted molar refractivity (Wildman–Crippen MR) is 116 cm³/mol. The van der Waals surface area contributed by atoms with Crippen molar-refractivity contribution in [1.29, 1.82) is 0 Å². The van der Waals surface area contributed by atoms with Gasteiger partial charge in [0.1, 0.15) is 0 Å². The van der Waals surface area contributed by atoms with Crippen LogP contribution in [0.15, 0.2) is 24.3 Å². The molecule has 0 amide bonds. The number of halogens is 3. The number of rotatable bonds is 6. The van der Waals surface area contributed by atoms with Crippen LogP contribution < -0.4 is 9.47 Å². The van der Waals surface area contributed by atoms with E-state index in [0.717, 1.165) is 18.8 Å². The van der Waals surface area contributed by atoms with Crippen molar-refractivity contribution < 1.29 is 22.6 Å². The van der Waals surface area contributed by atoms with Crippen LogP contribution in [0.2, 0.25) is 0 Å². The highest BCUT2D eigenvalue weighted by Gasteiger charge is 2.28. The maximum Gasteiger partial charge on any atom is 0.207 e. The zero-order valence-corrected chi connectivity index (χ0v) is 18.1. The molecule has 1 fully saturated rings. The zero-order valence-electron chi connectivity index (χ0n) is 18.1. The molecule has 2 aliphatic rings. The van der Waals surface area contributed by atoms with Crippen molar-refractivity contribution in [2.24, 2.45) is 11.8 Å². The smallest absolute Gasteiger partial charge is 0.207 e. The Morgan fingerprint density at radius 3 is 2.42 bits per heavy atom. The van der Waals surface area contributed by atoms with E-state index >= 15 is 0 Å². The molecule has 0 unspecified atom stereocenters. The lowest BCUT2D eigenvalue weighted by Gasteiger charge is -2.26. The van der Waals surface area contributed by atoms with Gasteiger partial charge in [0.15, 0.2) is 23.1 Å². The number of allylic oxidation sites excluding steroid dienone is 1. The molecule has 0 spiro atoms. The van der Waals surface area contributed by atoms with Crippen LogP contribution in [-0.2, 0) is 6.42 Å². The van der Waals surface area contributed by atoms with Gasteiger partial charge in [0.25, 0.3) is 0 Å². The van der Waals surface area contributed by atoms with Crippen LogP contribution in [0.1, 0.15) is 69.1 Å². The van der Waals surface area contributed by atoms with Gasteiger partial charge in [0.05, 0.1) is 6.61 Å². The molecule has 0 atom stereocenters. The van der Waals surface area contributed by atoms with E-state index in [9.17, 15) is 13.2 Å². The average Bonchev–Trinajstić information content (AvgIpc) is 2.78. The summed E-state index contributed by atoms with van der Waals surface area (Å²) < 4.78 is 55.0. The van der Waals surface area contributed by atoms with Crippen molar-refractivity contribution in [3.8, 4) is 17.2 Å². The van der Waals surface area contributed by atoms with Crippen LogP contribution in [0.4, 0.5) is 13.2 Å². The normalized spacial score (nSPS) is 20.3. The number of hydrogen-bond acceptors (Lipinski definition) is 2. The lowest BCUT2D eigenvalue weighted by molar-refractivity contribution is 0.294. The van der Waals surface area contributed by atoms with Gasteiger partial charge < -0.3 is 9.47 Å². The Labute approximate surface area is 182 Å². The van der Waals surface area contributed by atoms with E-state index in [1.165, 1.54) is 25.7 Å². The van der Waals surface area contributed by atoms with Gasteiger partial charge in [-0.2, -0.15) is 8.78 Å². The Kier molecular flexibility index (Phi) is 6.59. The molecule has 4 rings (SSSR count). The molecule has 5 heteroatoms. The molecule has 0 saturated heterocycles. The van der Waals surface area contributed by atoms with Crippen molar-refractivity contribution in [2.45, 2.75) is 58.8 Å². The fourth-order valence-electron chi connectivity index (χ4n) is 4.77. The quantitative estimate of drug-likeness (QED) is 0.397. The van der Waals surface area contributed by atoms with Crippen LogP contribution in [0, 0.1) is 29.3 Å². The van der Waals surface area contributed by atoms with E-state index in [0.29, 0.717) is 23.7 Å². The molecular formula is C26H29F3O2. The summed E-state index contributed by atoms with van der Waals surface area (Å²) in [6.45, 7) is 4.26. The molecule has 2 aromatic carbocycles. The first kappa shape index (κ1) is 21.8. The second-order valence-corrected chi connectivity index (χ2v) is 8.59. The highest BCUT2D eigenvalue weighted by molar-refractivity contribution is 5.60. The van der Waals surface area contributed by atoms with Crippen molar-refractivity contribution >= 4 is 6.08 Å². The van der Waals surface area contributed by atoms with E-state index in [1.807, 2.05) is 6.08 Å². The van der Waals surface area contributed by atoms with Gasteiger partial charge in [-0.05, 0) is 56.6 Å². The zero-order chi connectivity index (χ0) is 22.0. The van der Waals surface area contributed by atoms with Crippen molar-refractivity contribution in [2.75, 3.05) is 6.61 Å². The number of benzene rings is 2. The topological polar surface area (TPSA) is 18.5 Å². The van der Waals surface area contributed by atoms with Gasteiger partial charge in [-0.15, -0.1) is 0 Å². The standard InChI is InChI=1S/C26H29F3O2/c1-3-5-16-6-8-17(9-7-16)10-11-18-14-20-15-19-12-13-21(30-4-2)23(28)25(19)31-26(20)24(29)22(18)27/h10-14,16-17H,3-9,15H2,1-2H3/b11-10+. The van der Waals surface area contributed by atoms with E-state index < -0.39 is 17.5 Å². The minimum atomic E-state index is -1.07. The number of fused-ring (bicyclic) bond motifs is 2. The molecule has 1 aliphatic carbocycles. The Balaban J connectivity index is 1.55. The molecule has 1 heterocycles. The fourth-order valence-corrected chi connectivity index (χ4v) is 4.77. The first-order chi connectivity index (χ1) is 15.0. The van der Waals surface area contributed by atoms with Crippen LogP contribution in [0.3, 0.4) is 0 Å². The SMILES string of the molecule is CCCC1CCC(/C=C/c2cc3c(c(F)c2F)Oc2c(ccc(OCC)c2F)C3)CC1. The van der Waals surface area contributed by atoms with Crippen molar-refractivity contribution in [3.63, 3.8) is 0 Å². The van der Waals surface area contributed by atoms with Gasteiger partial charge >= 0.3 is 0 Å². The van der Waals surface area contributed by atoms with Gasteiger partial charge in [-0.25, -0.2) is 4.39 Å². The lowest BCUT2D eigenvalue weighted by Crippen LogP contribution is -2.13. The van der Waals surface area contributed by atoms with Crippen molar-refractivity contribution in [3.05, 3.63) is 58.4 Å². The molecule has 0 bridgehead atoms. The van der Waals surface area contributed by atoms with E-state index in [-0.39, 0.29) is 29.2 Å². The summed E-state index contributed by atoms with van der Waals surface area (Å²) in [7, 11) is 0. The maximum absolute atomic E-state index is 14.8. The fraction of sp³-hybridized carbons (Fsp3) is 0.462. The third kappa shape index (κ3) is 4.46. The summed E-state index contributed by atoms with van der Waals surface area (Å²) in [5.41, 5.74) is 1.32. The Bertz CT molecular complexity index is 975. The molecule has 2 nitrogen and oxygen atoms in total. The van der Waals surface area contributed by atoms with Crippen LogP contribution in [0.25, 0.3) is 6.08 Å². The monoisotopic (exact) mass is 430 g/mol. The van der Waals surface area contributed by atoms with Gasteiger partial charge in [0.2, 0.25) is 11.6 Å². The number of hydrogen-bond donors (Lipinski definition) is 0. The molecule has 2 aromatic rings. The predicted octanol–water partition coefficient (Wildman–Crippen LogP) is 7.82. The highest BCUT2D eigenvalue weighted by atomic mass is 19.2. The third-order valence-electron chi connectivity index (χ3n) is 6.43. The molecule has 166 valence electrons. The van der Waals surface area contributed by atoms with E-state index in [2.05, 4.69) is 6.92 Å². The summed E-state index contributed by atoms with van der Waals surface area (Å²) in [5, 5.41) is 0. The van der Waals surface area contributed by atoms with Crippen LogP contribution >= 0.6 is 0 Å². The molecule has 31 heavy (non-hydrogen) atoms. The Hall–Kier alpha value is -2.43. The summed E-state index contributed by atoms with van der Waals surface area (Å²) in [6, 6.07) is 4.86. The van der Waals surface area contributed by atoms with Gasteiger partial charge in [-0.3, -0.25) is 0 Å². The van der Waals surface area contributed by atoms with Crippen LogP contribution in [0.5, 0.6) is 17.2 Å². The third-order valence-corrected chi connectivity index (χ3v) is 6.43. The highest BCUT2D eigenvalue weighted by Crippen LogP contribution is 2.43. The first-order valence-electron chi connectivity index (χ1n) is 11.3. The second kappa shape index (κ2) is 9.37. The summed E-state index contributed by atoms with van der Waals surface area (Å²) in [5.74, 6) is -1.82. The van der Waals surface area contributed by atoms with Gasteiger partial charge in [-0.1, -0.05) is 38.0 Å². The Morgan fingerprint density at radius 1 is 0.968 bits per heavy atom. The summed E-state index contributed by atoms with van der Waals surface area (Å²) in [4.78, 5) is 0. The van der Waals surface area contributed by atoms with Gasteiger partial charge in [0, 0.05) is 23.1 Å².